The van der Waals surface area contributed by atoms with Crippen molar-refractivity contribution in [1.82, 2.24) is 9.55 Å². The molecule has 0 fully saturated rings. The van der Waals surface area contributed by atoms with E-state index in [1.807, 2.05) is 6.07 Å². The Labute approximate surface area is 202 Å². The number of aliphatic hydroxyl groups excluding tert-OH is 1. The Morgan fingerprint density at radius 3 is 2.71 bits per heavy atom. The van der Waals surface area contributed by atoms with Gasteiger partial charge in [-0.2, -0.15) is 0 Å². The van der Waals surface area contributed by atoms with Crippen LogP contribution in [0.1, 0.15) is 63.4 Å². The number of nitrogens with zero attached hydrogens (tertiary/aromatic N) is 3. The predicted molar refractivity (Wildman–Crippen MR) is 137 cm³/mol. The predicted octanol–water partition coefficient (Wildman–Crippen LogP) is 7.43. The third-order valence-corrected chi connectivity index (χ3v) is 8.04. The summed E-state index contributed by atoms with van der Waals surface area (Å²) in [7, 11) is 0. The van der Waals surface area contributed by atoms with Crippen molar-refractivity contribution < 1.29 is 5.11 Å². The summed E-state index contributed by atoms with van der Waals surface area (Å²) in [5, 5.41) is 10.7. The van der Waals surface area contributed by atoms with Gasteiger partial charge in [0.05, 0.1) is 18.0 Å². The van der Waals surface area contributed by atoms with Crippen LogP contribution >= 0.6 is 0 Å². The minimum atomic E-state index is -0.270. The number of fused-ring (bicyclic) bond motifs is 3. The normalized spacial score (nSPS) is 23.8. The zero-order chi connectivity index (χ0) is 23.9. The van der Waals surface area contributed by atoms with E-state index in [1.165, 1.54) is 24.1 Å². The van der Waals surface area contributed by atoms with Crippen molar-refractivity contribution in [3.63, 3.8) is 0 Å². The highest BCUT2D eigenvalue weighted by Gasteiger charge is 2.50. The minimum absolute atomic E-state index is 0.0290. The first-order valence-electron chi connectivity index (χ1n) is 12.5. The molecule has 2 aliphatic carbocycles. The van der Waals surface area contributed by atoms with E-state index in [-0.39, 0.29) is 23.0 Å². The van der Waals surface area contributed by atoms with Gasteiger partial charge in [0, 0.05) is 28.3 Å². The van der Waals surface area contributed by atoms with Crippen LogP contribution < -0.4 is 0 Å². The van der Waals surface area contributed by atoms with E-state index in [0.717, 1.165) is 42.0 Å². The monoisotopic (exact) mass is 451 g/mol. The Balaban J connectivity index is 1.72. The summed E-state index contributed by atoms with van der Waals surface area (Å²) in [6, 6.07) is 19.3. The van der Waals surface area contributed by atoms with Crippen LogP contribution in [0.15, 0.2) is 66.1 Å². The van der Waals surface area contributed by atoms with Gasteiger partial charge in [-0.1, -0.05) is 69.7 Å². The lowest BCUT2D eigenvalue weighted by molar-refractivity contribution is 0.135. The van der Waals surface area contributed by atoms with Gasteiger partial charge in [0.1, 0.15) is 5.82 Å². The van der Waals surface area contributed by atoms with Gasteiger partial charge >= 0.3 is 0 Å². The van der Waals surface area contributed by atoms with Gasteiger partial charge in [-0.05, 0) is 55.7 Å². The van der Waals surface area contributed by atoms with Gasteiger partial charge < -0.3 is 5.11 Å². The molecule has 0 radical (unpaired) electrons. The maximum absolute atomic E-state index is 10.7. The SMILES string of the molecule is [C-]#[N+]C1=C(O)[C@@H](C)[C@@H]2CCc3c(nc(-c4ccccc4)n3-c3cccc(CCCC)c3)[C@@]2(C)C1. The van der Waals surface area contributed by atoms with Crippen molar-refractivity contribution in [3.05, 3.63) is 94.4 Å². The maximum atomic E-state index is 10.7. The average molecular weight is 452 g/mol. The van der Waals surface area contributed by atoms with E-state index >= 15 is 0 Å². The number of allylic oxidation sites excluding steroid dienone is 2. The molecule has 4 heteroatoms. The first-order valence-corrected chi connectivity index (χ1v) is 12.5. The van der Waals surface area contributed by atoms with Crippen LogP contribution in [0.3, 0.4) is 0 Å². The summed E-state index contributed by atoms with van der Waals surface area (Å²) in [6.45, 7) is 14.2. The summed E-state index contributed by atoms with van der Waals surface area (Å²) in [5.41, 5.74) is 6.20. The second-order valence-corrected chi connectivity index (χ2v) is 10.2. The van der Waals surface area contributed by atoms with Crippen molar-refractivity contribution in [2.45, 2.75) is 64.7 Å². The standard InChI is InChI=1S/C30H33N3O/c1-5-6-11-21-12-10-15-23(18-21)33-26-17-16-24-20(2)27(34)25(31-4)19-30(24,3)28(26)32-29(33)22-13-8-7-9-14-22/h7-10,12-15,18,20,24,34H,5-6,11,16-17,19H2,1-3H3/t20-,24-,30-/m0/s1. The molecule has 0 bridgehead atoms. The summed E-state index contributed by atoms with van der Waals surface area (Å²) >= 11 is 0. The molecule has 174 valence electrons. The highest BCUT2D eigenvalue weighted by Crippen LogP contribution is 2.54. The van der Waals surface area contributed by atoms with Gasteiger partial charge in [0.2, 0.25) is 5.70 Å². The van der Waals surface area contributed by atoms with E-state index < -0.39 is 0 Å². The molecule has 0 saturated heterocycles. The third-order valence-electron chi connectivity index (χ3n) is 8.04. The number of aromatic nitrogens is 2. The Morgan fingerprint density at radius 1 is 1.18 bits per heavy atom. The molecule has 5 rings (SSSR count). The molecule has 0 saturated carbocycles. The fourth-order valence-corrected chi connectivity index (χ4v) is 6.22. The van der Waals surface area contributed by atoms with Crippen LogP contribution in [0.25, 0.3) is 21.9 Å². The lowest BCUT2D eigenvalue weighted by Gasteiger charge is -2.47. The van der Waals surface area contributed by atoms with Crippen LogP contribution in [-0.4, -0.2) is 14.7 Å². The van der Waals surface area contributed by atoms with Crippen molar-refractivity contribution in [1.29, 1.82) is 0 Å². The molecule has 1 N–H and O–H groups in total. The van der Waals surface area contributed by atoms with Gasteiger partial charge in [-0.3, -0.25) is 4.57 Å². The molecule has 0 spiro atoms. The number of hydrogen-bond acceptors (Lipinski definition) is 2. The number of hydrogen-bond donors (Lipinski definition) is 1. The number of aryl methyl sites for hydroxylation is 1. The van der Waals surface area contributed by atoms with Crippen LogP contribution in [0.2, 0.25) is 0 Å². The number of unbranched alkanes of at least 4 members (excludes halogenated alkanes) is 1. The van der Waals surface area contributed by atoms with E-state index in [1.54, 1.807) is 0 Å². The number of imidazole rings is 1. The number of rotatable bonds is 5. The largest absolute Gasteiger partial charge is 0.523 e. The molecule has 0 amide bonds. The van der Waals surface area contributed by atoms with E-state index in [9.17, 15) is 5.11 Å². The van der Waals surface area contributed by atoms with Crippen LogP contribution in [0, 0.1) is 18.4 Å². The maximum Gasteiger partial charge on any atom is 0.203 e. The van der Waals surface area contributed by atoms with Gasteiger partial charge in [0.15, 0.2) is 0 Å². The molecule has 34 heavy (non-hydrogen) atoms. The minimum Gasteiger partial charge on any atom is -0.523 e. The smallest absolute Gasteiger partial charge is 0.203 e. The second-order valence-electron chi connectivity index (χ2n) is 10.2. The molecule has 2 aromatic carbocycles. The highest BCUT2D eigenvalue weighted by molar-refractivity contribution is 5.62. The second kappa shape index (κ2) is 8.80. The molecule has 1 heterocycles. The quantitative estimate of drug-likeness (QED) is 0.410. The van der Waals surface area contributed by atoms with Crippen molar-refractivity contribution in [2.24, 2.45) is 11.8 Å². The van der Waals surface area contributed by atoms with Crippen molar-refractivity contribution >= 4 is 0 Å². The van der Waals surface area contributed by atoms with Gasteiger partial charge in [-0.25, -0.2) is 9.83 Å². The topological polar surface area (TPSA) is 42.4 Å². The molecule has 2 aliphatic rings. The fourth-order valence-electron chi connectivity index (χ4n) is 6.22. The summed E-state index contributed by atoms with van der Waals surface area (Å²) in [5.74, 6) is 1.50. The summed E-state index contributed by atoms with van der Waals surface area (Å²) < 4.78 is 2.36. The fraction of sp³-hybridized carbons (Fsp3) is 0.400. The molecule has 3 atom stereocenters. The molecule has 0 aliphatic heterocycles. The Hall–Kier alpha value is -3.32. The lowest BCUT2D eigenvalue weighted by atomic mass is 9.58. The molecule has 0 unspecified atom stereocenters. The molecule has 1 aromatic heterocycles. The highest BCUT2D eigenvalue weighted by atomic mass is 16.3. The summed E-state index contributed by atoms with van der Waals surface area (Å²) in [4.78, 5) is 9.05. The first-order chi connectivity index (χ1) is 16.5. The lowest BCUT2D eigenvalue weighted by Crippen LogP contribution is -2.44. The molecule has 3 aromatic rings. The Bertz CT molecular complexity index is 1280. The molecular formula is C30H33N3O. The average Bonchev–Trinajstić information content (AvgIpc) is 3.27. The van der Waals surface area contributed by atoms with Gasteiger partial charge in [-0.15, -0.1) is 0 Å². The van der Waals surface area contributed by atoms with Crippen LogP contribution in [0.5, 0.6) is 0 Å². The number of aliphatic hydroxyl groups is 1. The molecular weight excluding hydrogens is 418 g/mol. The van der Waals surface area contributed by atoms with E-state index in [4.69, 9.17) is 11.6 Å². The zero-order valence-corrected chi connectivity index (χ0v) is 20.4. The van der Waals surface area contributed by atoms with Gasteiger partial charge in [0.25, 0.3) is 0 Å². The van der Waals surface area contributed by atoms with Crippen molar-refractivity contribution in [3.8, 4) is 17.1 Å². The molecule has 4 nitrogen and oxygen atoms in total. The third kappa shape index (κ3) is 3.55. The number of benzene rings is 2. The zero-order valence-electron chi connectivity index (χ0n) is 20.4. The first kappa shape index (κ1) is 22.5. The van der Waals surface area contributed by atoms with Crippen LogP contribution in [-0.2, 0) is 18.3 Å². The van der Waals surface area contributed by atoms with E-state index in [2.05, 4.69) is 78.7 Å². The van der Waals surface area contributed by atoms with E-state index in [0.29, 0.717) is 12.1 Å². The summed E-state index contributed by atoms with van der Waals surface area (Å²) in [6.07, 6.45) is 5.89. The van der Waals surface area contributed by atoms with Crippen LogP contribution in [0.4, 0.5) is 0 Å². The Kier molecular flexibility index (Phi) is 5.81. The Morgan fingerprint density at radius 2 is 1.97 bits per heavy atom. The van der Waals surface area contributed by atoms with Crippen molar-refractivity contribution in [2.75, 3.05) is 0 Å².